The quantitative estimate of drug-likeness (QED) is 0.872. The van der Waals surface area contributed by atoms with Crippen LogP contribution in [0.5, 0.6) is 5.75 Å². The zero-order valence-electron chi connectivity index (χ0n) is 9.45. The van der Waals surface area contributed by atoms with Crippen LogP contribution in [0.3, 0.4) is 0 Å². The van der Waals surface area contributed by atoms with E-state index in [0.29, 0.717) is 5.52 Å². The molecule has 3 nitrogen and oxygen atoms in total. The molecule has 1 heterocycles. The molecule has 0 aliphatic carbocycles. The number of phenolic OH excluding ortho intramolecular Hbond substituents is 1. The molecule has 2 aromatic rings. The summed E-state index contributed by atoms with van der Waals surface area (Å²) in [7, 11) is 3.95. The maximum Gasteiger partial charge on any atom is 0.141 e. The smallest absolute Gasteiger partial charge is 0.141 e. The van der Waals surface area contributed by atoms with Gasteiger partial charge in [-0.05, 0) is 25.1 Å². The highest BCUT2D eigenvalue weighted by molar-refractivity contribution is 9.10. The van der Waals surface area contributed by atoms with E-state index < -0.39 is 0 Å². The van der Waals surface area contributed by atoms with Crippen molar-refractivity contribution in [1.29, 1.82) is 0 Å². The molecule has 4 heteroatoms. The number of fused-ring (bicyclic) bond motifs is 1. The average Bonchev–Trinajstić information content (AvgIpc) is 2.22. The van der Waals surface area contributed by atoms with Crippen molar-refractivity contribution >= 4 is 32.5 Å². The van der Waals surface area contributed by atoms with E-state index in [9.17, 15) is 5.11 Å². The third-order valence-corrected chi connectivity index (χ3v) is 3.14. The predicted molar refractivity (Wildman–Crippen MR) is 70.2 cm³/mol. The van der Waals surface area contributed by atoms with Crippen LogP contribution in [0.1, 0.15) is 5.69 Å². The largest absolute Gasteiger partial charge is 0.506 e. The van der Waals surface area contributed by atoms with Crippen LogP contribution in [0.4, 0.5) is 5.69 Å². The summed E-state index contributed by atoms with van der Waals surface area (Å²) in [5, 5.41) is 10.8. The van der Waals surface area contributed by atoms with Crippen molar-refractivity contribution in [3.8, 4) is 5.75 Å². The van der Waals surface area contributed by atoms with Gasteiger partial charge in [0.15, 0.2) is 0 Å². The molecule has 2 rings (SSSR count). The van der Waals surface area contributed by atoms with Crippen molar-refractivity contribution in [2.24, 2.45) is 0 Å². The molecular formula is C12H13BrN2O. The molecule has 0 unspecified atom stereocenters. The van der Waals surface area contributed by atoms with Gasteiger partial charge in [-0.1, -0.05) is 15.9 Å². The van der Waals surface area contributed by atoms with Crippen LogP contribution < -0.4 is 4.90 Å². The zero-order valence-corrected chi connectivity index (χ0v) is 11.0. The van der Waals surface area contributed by atoms with Crippen LogP contribution in [-0.2, 0) is 0 Å². The van der Waals surface area contributed by atoms with Crippen LogP contribution in [0, 0.1) is 6.92 Å². The molecule has 0 spiro atoms. The van der Waals surface area contributed by atoms with Gasteiger partial charge in [0.05, 0.1) is 0 Å². The maximum absolute atomic E-state index is 9.82. The summed E-state index contributed by atoms with van der Waals surface area (Å²) in [5.74, 6) is 0.213. The van der Waals surface area contributed by atoms with Crippen LogP contribution in [0.15, 0.2) is 22.7 Å². The van der Waals surface area contributed by atoms with Gasteiger partial charge in [0.2, 0.25) is 0 Å². The molecule has 0 saturated heterocycles. The van der Waals surface area contributed by atoms with Gasteiger partial charge in [-0.25, -0.2) is 4.98 Å². The van der Waals surface area contributed by atoms with Crippen molar-refractivity contribution in [3.63, 3.8) is 0 Å². The number of nitrogens with zero attached hydrogens (tertiary/aromatic N) is 2. The molecule has 1 N–H and O–H groups in total. The minimum atomic E-state index is 0.213. The van der Waals surface area contributed by atoms with E-state index >= 15 is 0 Å². The SMILES string of the molecule is Cc1cc(N(C)C)c2c(Br)ccc(O)c2n1. The Kier molecular flexibility index (Phi) is 2.76. The van der Waals surface area contributed by atoms with E-state index in [-0.39, 0.29) is 5.75 Å². The van der Waals surface area contributed by atoms with E-state index in [0.717, 1.165) is 21.2 Å². The fraction of sp³-hybridized carbons (Fsp3) is 0.250. The summed E-state index contributed by atoms with van der Waals surface area (Å²) in [6, 6.07) is 5.49. The fourth-order valence-corrected chi connectivity index (χ4v) is 2.27. The van der Waals surface area contributed by atoms with Gasteiger partial charge < -0.3 is 10.0 Å². The Bertz CT molecular complexity index is 552. The molecule has 0 amide bonds. The number of anilines is 1. The Morgan fingerprint density at radius 1 is 1.31 bits per heavy atom. The lowest BCUT2D eigenvalue weighted by atomic mass is 10.1. The van der Waals surface area contributed by atoms with Crippen molar-refractivity contribution in [2.75, 3.05) is 19.0 Å². The lowest BCUT2D eigenvalue weighted by Gasteiger charge is -2.17. The van der Waals surface area contributed by atoms with Gasteiger partial charge in [0.25, 0.3) is 0 Å². The molecule has 0 bridgehead atoms. The van der Waals surface area contributed by atoms with E-state index in [1.54, 1.807) is 6.07 Å². The second-order valence-electron chi connectivity index (χ2n) is 3.97. The highest BCUT2D eigenvalue weighted by atomic mass is 79.9. The van der Waals surface area contributed by atoms with Crippen LogP contribution in [0.2, 0.25) is 0 Å². The molecule has 16 heavy (non-hydrogen) atoms. The average molecular weight is 281 g/mol. The normalized spacial score (nSPS) is 10.8. The lowest BCUT2D eigenvalue weighted by molar-refractivity contribution is 0.480. The van der Waals surface area contributed by atoms with Crippen molar-refractivity contribution < 1.29 is 5.11 Å². The lowest BCUT2D eigenvalue weighted by Crippen LogP contribution is -2.10. The monoisotopic (exact) mass is 280 g/mol. The van der Waals surface area contributed by atoms with Gasteiger partial charge >= 0.3 is 0 Å². The van der Waals surface area contributed by atoms with Crippen molar-refractivity contribution in [1.82, 2.24) is 4.98 Å². The van der Waals surface area contributed by atoms with Gasteiger partial charge in [-0.2, -0.15) is 0 Å². The Morgan fingerprint density at radius 2 is 2.00 bits per heavy atom. The first-order valence-corrected chi connectivity index (χ1v) is 5.76. The molecule has 0 atom stereocenters. The Hall–Kier alpha value is -1.29. The third kappa shape index (κ3) is 1.73. The molecule has 1 aromatic heterocycles. The summed E-state index contributed by atoms with van der Waals surface area (Å²) in [6.07, 6.45) is 0. The number of aromatic hydroxyl groups is 1. The summed E-state index contributed by atoms with van der Waals surface area (Å²) in [5.41, 5.74) is 2.58. The predicted octanol–water partition coefficient (Wildman–Crippen LogP) is 3.08. The first-order valence-electron chi connectivity index (χ1n) is 4.97. The van der Waals surface area contributed by atoms with E-state index in [4.69, 9.17) is 0 Å². The number of halogens is 1. The maximum atomic E-state index is 9.82. The molecule has 1 aromatic carbocycles. The molecular weight excluding hydrogens is 268 g/mol. The summed E-state index contributed by atoms with van der Waals surface area (Å²) < 4.78 is 0.941. The Morgan fingerprint density at radius 3 is 2.62 bits per heavy atom. The van der Waals surface area contributed by atoms with E-state index in [2.05, 4.69) is 20.9 Å². The molecule has 0 aliphatic rings. The number of phenols is 1. The summed E-state index contributed by atoms with van der Waals surface area (Å²) in [6.45, 7) is 1.92. The third-order valence-electron chi connectivity index (χ3n) is 2.48. The fourth-order valence-electron chi connectivity index (χ4n) is 1.74. The second-order valence-corrected chi connectivity index (χ2v) is 4.82. The zero-order chi connectivity index (χ0) is 11.9. The van der Waals surface area contributed by atoms with Gasteiger partial charge in [-0.15, -0.1) is 0 Å². The van der Waals surface area contributed by atoms with E-state index in [1.807, 2.05) is 38.1 Å². The first kappa shape index (κ1) is 11.2. The Balaban J connectivity index is 2.95. The second kappa shape index (κ2) is 3.94. The van der Waals surface area contributed by atoms with Gasteiger partial charge in [0, 0.05) is 35.3 Å². The Labute approximate surface area is 103 Å². The van der Waals surface area contributed by atoms with Crippen molar-refractivity contribution in [3.05, 3.63) is 28.4 Å². The highest BCUT2D eigenvalue weighted by Crippen LogP contribution is 2.36. The van der Waals surface area contributed by atoms with Gasteiger partial charge in [-0.3, -0.25) is 0 Å². The van der Waals surface area contributed by atoms with Crippen LogP contribution in [0.25, 0.3) is 10.9 Å². The minimum Gasteiger partial charge on any atom is -0.506 e. The standard InChI is InChI=1S/C12H13BrN2O/c1-7-6-9(15(2)3)11-8(13)4-5-10(16)12(11)14-7/h4-6,16H,1-3H3. The number of rotatable bonds is 1. The van der Waals surface area contributed by atoms with Crippen molar-refractivity contribution in [2.45, 2.75) is 6.92 Å². The van der Waals surface area contributed by atoms with Gasteiger partial charge in [0.1, 0.15) is 11.3 Å². The summed E-state index contributed by atoms with van der Waals surface area (Å²) >= 11 is 3.50. The minimum absolute atomic E-state index is 0.213. The van der Waals surface area contributed by atoms with Crippen LogP contribution >= 0.6 is 15.9 Å². The topological polar surface area (TPSA) is 36.4 Å². The number of hydrogen-bond acceptors (Lipinski definition) is 3. The number of aromatic nitrogens is 1. The molecule has 0 radical (unpaired) electrons. The molecule has 84 valence electrons. The van der Waals surface area contributed by atoms with E-state index in [1.165, 1.54) is 0 Å². The molecule has 0 saturated carbocycles. The molecule has 0 fully saturated rings. The summed E-state index contributed by atoms with van der Waals surface area (Å²) in [4.78, 5) is 6.39. The van der Waals surface area contributed by atoms with Crippen LogP contribution in [-0.4, -0.2) is 24.2 Å². The molecule has 0 aliphatic heterocycles. The number of hydrogen-bond donors (Lipinski definition) is 1. The number of aryl methyl sites for hydroxylation is 1. The first-order chi connectivity index (χ1) is 7.50. The number of pyridine rings is 1. The number of benzene rings is 1. The highest BCUT2D eigenvalue weighted by Gasteiger charge is 2.12.